The first-order chi connectivity index (χ1) is 14.8. The molecule has 1 aliphatic rings. The second-order valence-electron chi connectivity index (χ2n) is 7.16. The van der Waals surface area contributed by atoms with Crippen molar-refractivity contribution in [1.82, 2.24) is 15.5 Å². The van der Waals surface area contributed by atoms with Crippen molar-refractivity contribution in [1.29, 1.82) is 5.26 Å². The Morgan fingerprint density at radius 1 is 1.07 bits per heavy atom. The molecule has 0 saturated carbocycles. The molecule has 6 heteroatoms. The zero-order chi connectivity index (χ0) is 21.0. The average molecular weight is 405 g/mol. The van der Waals surface area contributed by atoms with Gasteiger partial charge >= 0.3 is 0 Å². The quantitative estimate of drug-likeness (QED) is 0.382. The highest BCUT2D eigenvalue weighted by Crippen LogP contribution is 2.22. The summed E-state index contributed by atoms with van der Waals surface area (Å²) >= 11 is 0. The number of carbonyl (C=O) groups excluding carboxylic acids is 1. The number of nitriles is 1. The number of amides is 1. The summed E-state index contributed by atoms with van der Waals surface area (Å²) in [4.78, 5) is 15.1. The van der Waals surface area contributed by atoms with Crippen LogP contribution in [0.15, 0.2) is 72.4 Å². The first-order valence-electron chi connectivity index (χ1n) is 10.3. The monoisotopic (exact) mass is 404 g/mol. The fourth-order valence-corrected chi connectivity index (χ4v) is 3.41. The second-order valence-corrected chi connectivity index (χ2v) is 7.16. The van der Waals surface area contributed by atoms with Crippen LogP contribution < -0.4 is 10.6 Å². The number of nitrogens with one attached hydrogen (secondary N) is 2. The van der Waals surface area contributed by atoms with E-state index in [1.54, 1.807) is 0 Å². The summed E-state index contributed by atoms with van der Waals surface area (Å²) in [5, 5.41) is 15.6. The molecule has 0 radical (unpaired) electrons. The molecule has 2 aromatic carbocycles. The number of morpholine rings is 1. The normalized spacial score (nSPS) is 14.9. The SMILES string of the molecule is N#C/C(=C/NCCCN1CCOCC1)C(=O)NC(c1ccccc1)c1ccccc1. The van der Waals surface area contributed by atoms with Crippen LogP contribution in [0.4, 0.5) is 0 Å². The zero-order valence-corrected chi connectivity index (χ0v) is 17.1. The van der Waals surface area contributed by atoms with Gasteiger partial charge in [-0.1, -0.05) is 60.7 Å². The third-order valence-electron chi connectivity index (χ3n) is 5.05. The van der Waals surface area contributed by atoms with Crippen LogP contribution in [-0.2, 0) is 9.53 Å². The molecule has 0 aromatic heterocycles. The van der Waals surface area contributed by atoms with Gasteiger partial charge in [0.05, 0.1) is 19.3 Å². The molecule has 2 aromatic rings. The van der Waals surface area contributed by atoms with Gasteiger partial charge in [-0.3, -0.25) is 9.69 Å². The van der Waals surface area contributed by atoms with Crippen LogP contribution in [0.3, 0.4) is 0 Å². The highest BCUT2D eigenvalue weighted by atomic mass is 16.5. The smallest absolute Gasteiger partial charge is 0.264 e. The summed E-state index contributed by atoms with van der Waals surface area (Å²) in [6.45, 7) is 5.18. The van der Waals surface area contributed by atoms with Gasteiger partial charge in [-0.25, -0.2) is 0 Å². The van der Waals surface area contributed by atoms with E-state index in [-0.39, 0.29) is 11.6 Å². The maximum atomic E-state index is 12.8. The Bertz CT molecular complexity index is 816. The predicted molar refractivity (Wildman–Crippen MR) is 116 cm³/mol. The van der Waals surface area contributed by atoms with E-state index in [0.29, 0.717) is 6.54 Å². The lowest BCUT2D eigenvalue weighted by atomic mass is 9.98. The van der Waals surface area contributed by atoms with Gasteiger partial charge in [-0.05, 0) is 24.1 Å². The van der Waals surface area contributed by atoms with Crippen LogP contribution in [0, 0.1) is 11.3 Å². The van der Waals surface area contributed by atoms with E-state index in [1.807, 2.05) is 66.7 Å². The molecule has 0 bridgehead atoms. The highest BCUT2D eigenvalue weighted by molar-refractivity contribution is 5.97. The van der Waals surface area contributed by atoms with E-state index in [2.05, 4.69) is 15.5 Å². The summed E-state index contributed by atoms with van der Waals surface area (Å²) < 4.78 is 5.35. The Hall–Kier alpha value is -3.14. The van der Waals surface area contributed by atoms with Gasteiger partial charge in [0.1, 0.15) is 11.6 Å². The molecule has 0 spiro atoms. The summed E-state index contributed by atoms with van der Waals surface area (Å²) in [6, 6.07) is 21.2. The number of hydrogen-bond acceptors (Lipinski definition) is 5. The van der Waals surface area contributed by atoms with Gasteiger partial charge in [0.2, 0.25) is 0 Å². The summed E-state index contributed by atoms with van der Waals surface area (Å²) in [6.07, 6.45) is 2.45. The Labute approximate surface area is 178 Å². The number of hydrogen-bond donors (Lipinski definition) is 2. The van der Waals surface area contributed by atoms with Gasteiger partial charge in [0.15, 0.2) is 0 Å². The van der Waals surface area contributed by atoms with Crippen molar-refractivity contribution in [3.05, 3.63) is 83.6 Å². The fraction of sp³-hybridized carbons (Fsp3) is 0.333. The molecule has 3 rings (SSSR count). The van der Waals surface area contributed by atoms with Crippen molar-refractivity contribution >= 4 is 5.91 Å². The largest absolute Gasteiger partial charge is 0.390 e. The minimum absolute atomic E-state index is 0.0678. The van der Waals surface area contributed by atoms with Crippen molar-refractivity contribution in [3.63, 3.8) is 0 Å². The Kier molecular flexibility index (Phi) is 8.46. The lowest BCUT2D eigenvalue weighted by molar-refractivity contribution is -0.117. The van der Waals surface area contributed by atoms with E-state index < -0.39 is 5.91 Å². The van der Waals surface area contributed by atoms with Crippen LogP contribution >= 0.6 is 0 Å². The maximum Gasteiger partial charge on any atom is 0.264 e. The van der Waals surface area contributed by atoms with Gasteiger partial charge < -0.3 is 15.4 Å². The van der Waals surface area contributed by atoms with Crippen molar-refractivity contribution in [3.8, 4) is 6.07 Å². The van der Waals surface area contributed by atoms with E-state index >= 15 is 0 Å². The molecule has 0 unspecified atom stereocenters. The van der Waals surface area contributed by atoms with E-state index in [9.17, 15) is 10.1 Å². The molecule has 30 heavy (non-hydrogen) atoms. The molecular formula is C24H28N4O2. The van der Waals surface area contributed by atoms with Gasteiger partial charge in [-0.2, -0.15) is 5.26 Å². The van der Waals surface area contributed by atoms with Crippen molar-refractivity contribution in [2.24, 2.45) is 0 Å². The number of ether oxygens (including phenoxy) is 1. The van der Waals surface area contributed by atoms with Crippen LogP contribution in [-0.4, -0.2) is 50.2 Å². The van der Waals surface area contributed by atoms with Gasteiger partial charge in [0.25, 0.3) is 5.91 Å². The molecular weight excluding hydrogens is 376 g/mol. The minimum atomic E-state index is -0.393. The highest BCUT2D eigenvalue weighted by Gasteiger charge is 2.19. The number of rotatable bonds is 9. The third kappa shape index (κ3) is 6.45. The molecule has 6 nitrogen and oxygen atoms in total. The molecule has 1 aliphatic heterocycles. The Morgan fingerprint density at radius 3 is 2.23 bits per heavy atom. The summed E-state index contributed by atoms with van der Waals surface area (Å²) in [5.41, 5.74) is 2.00. The Morgan fingerprint density at radius 2 is 1.67 bits per heavy atom. The fourth-order valence-electron chi connectivity index (χ4n) is 3.41. The topological polar surface area (TPSA) is 77.4 Å². The standard InChI is InChI=1S/C24H28N4O2/c25-18-22(19-26-12-7-13-28-14-16-30-17-15-28)24(29)27-23(20-8-3-1-4-9-20)21-10-5-2-6-11-21/h1-6,8-11,19,23,26H,7,12-17H2,(H,27,29)/b22-19-. The van der Waals surface area contributed by atoms with Crippen molar-refractivity contribution < 1.29 is 9.53 Å². The molecule has 0 atom stereocenters. The average Bonchev–Trinajstić information content (AvgIpc) is 2.81. The number of nitrogens with zero attached hydrogens (tertiary/aromatic N) is 2. The summed E-state index contributed by atoms with van der Waals surface area (Å²) in [7, 11) is 0. The number of benzene rings is 2. The van der Waals surface area contributed by atoms with Crippen LogP contribution in [0.25, 0.3) is 0 Å². The summed E-state index contributed by atoms with van der Waals surface area (Å²) in [5.74, 6) is -0.393. The maximum absolute atomic E-state index is 12.8. The molecule has 1 heterocycles. The van der Waals surface area contributed by atoms with E-state index in [4.69, 9.17) is 4.74 Å². The molecule has 1 saturated heterocycles. The lowest BCUT2D eigenvalue weighted by Crippen LogP contribution is -2.37. The number of carbonyl (C=O) groups is 1. The van der Waals surface area contributed by atoms with Crippen LogP contribution in [0.5, 0.6) is 0 Å². The lowest BCUT2D eigenvalue weighted by Gasteiger charge is -2.26. The van der Waals surface area contributed by atoms with E-state index in [1.165, 1.54) is 6.20 Å². The zero-order valence-electron chi connectivity index (χ0n) is 17.1. The molecule has 156 valence electrons. The van der Waals surface area contributed by atoms with Gasteiger partial charge in [-0.15, -0.1) is 0 Å². The van der Waals surface area contributed by atoms with Crippen molar-refractivity contribution in [2.75, 3.05) is 39.4 Å². The molecule has 0 aliphatic carbocycles. The van der Waals surface area contributed by atoms with Crippen LogP contribution in [0.1, 0.15) is 23.6 Å². The molecule has 1 fully saturated rings. The van der Waals surface area contributed by atoms with Gasteiger partial charge in [0, 0.05) is 25.8 Å². The first-order valence-corrected chi connectivity index (χ1v) is 10.3. The first kappa shape index (κ1) is 21.6. The second kappa shape index (κ2) is 11.8. The van der Waals surface area contributed by atoms with Crippen LogP contribution in [0.2, 0.25) is 0 Å². The van der Waals surface area contributed by atoms with E-state index in [0.717, 1.165) is 50.4 Å². The van der Waals surface area contributed by atoms with Crippen molar-refractivity contribution in [2.45, 2.75) is 12.5 Å². The predicted octanol–water partition coefficient (Wildman–Crippen LogP) is 2.61. The third-order valence-corrected chi connectivity index (χ3v) is 5.05. The molecule has 1 amide bonds. The Balaban J connectivity index is 1.57. The molecule has 2 N–H and O–H groups in total. The minimum Gasteiger partial charge on any atom is -0.390 e.